The summed E-state index contributed by atoms with van der Waals surface area (Å²) in [4.78, 5) is 10.9. The molecular weight excluding hydrogens is 429 g/mol. The maximum absolute atomic E-state index is 10.5. The zero-order valence-electron chi connectivity index (χ0n) is 21.5. The average molecular weight is 475 g/mol. The number of carbonyl (C=O) groups is 1. The van der Waals surface area contributed by atoms with Crippen LogP contribution in [0.2, 0.25) is 0 Å². The van der Waals surface area contributed by atoms with Crippen LogP contribution in [-0.4, -0.2) is 26.2 Å². The van der Waals surface area contributed by atoms with Gasteiger partial charge >= 0.3 is 6.18 Å². The van der Waals surface area contributed by atoms with E-state index in [9.17, 15) is 13.2 Å². The fourth-order valence-electron chi connectivity index (χ4n) is 3.66. The molecule has 0 fully saturated rings. The van der Waals surface area contributed by atoms with E-state index in [0.717, 1.165) is 24.3 Å². The van der Waals surface area contributed by atoms with Gasteiger partial charge in [0.15, 0.2) is 12.4 Å². The van der Waals surface area contributed by atoms with Crippen LogP contribution in [0.15, 0.2) is 24.5 Å². The third-order valence-corrected chi connectivity index (χ3v) is 5.86. The summed E-state index contributed by atoms with van der Waals surface area (Å²) >= 11 is 0. The highest BCUT2D eigenvalue weighted by atomic mass is 19.4. The van der Waals surface area contributed by atoms with E-state index in [2.05, 4.69) is 75.8 Å². The highest BCUT2D eigenvalue weighted by Gasteiger charge is 2.28. The van der Waals surface area contributed by atoms with E-state index in [-0.39, 0.29) is 0 Å². The van der Waals surface area contributed by atoms with E-state index in [4.69, 9.17) is 9.90 Å². The van der Waals surface area contributed by atoms with Gasteiger partial charge in [-0.15, -0.1) is 0 Å². The van der Waals surface area contributed by atoms with Crippen molar-refractivity contribution in [2.45, 2.75) is 98.2 Å². The lowest BCUT2D eigenvalue weighted by Crippen LogP contribution is -2.37. The van der Waals surface area contributed by atoms with E-state index in [1.807, 2.05) is 0 Å². The van der Waals surface area contributed by atoms with Crippen molar-refractivity contribution in [2.24, 2.45) is 17.8 Å². The van der Waals surface area contributed by atoms with Crippen LogP contribution in [0.3, 0.4) is 0 Å². The van der Waals surface area contributed by atoms with Crippen LogP contribution in [0.25, 0.3) is 0 Å². The van der Waals surface area contributed by atoms with Gasteiger partial charge in [0.1, 0.15) is 12.5 Å². The monoisotopic (exact) mass is 474 g/mol. The Kier molecular flexibility index (Phi) is 15.9. The highest BCUT2D eigenvalue weighted by molar-refractivity contribution is 5.70. The molecule has 0 bridgehead atoms. The number of alkyl halides is 3. The lowest BCUT2D eigenvalue weighted by molar-refractivity contribution is -0.697. The number of unbranched alkanes of at least 4 members (excludes halogenated alkanes) is 1. The maximum atomic E-state index is 10.5. The number of rotatable bonds is 14. The molecule has 33 heavy (non-hydrogen) atoms. The molecule has 1 aromatic rings. The maximum Gasteiger partial charge on any atom is 0.430 e. The predicted molar refractivity (Wildman–Crippen MR) is 127 cm³/mol. The molecule has 0 spiro atoms. The molecule has 0 amide bonds. The molecule has 0 saturated carbocycles. The summed E-state index contributed by atoms with van der Waals surface area (Å²) in [7, 11) is 4.18. The molecule has 0 radical (unpaired) electrons. The number of pyridine rings is 1. The Labute approximate surface area is 199 Å². The van der Waals surface area contributed by atoms with Crippen molar-refractivity contribution in [1.82, 2.24) is 0 Å². The topological polar surface area (TPSA) is 47.2 Å². The number of aliphatic carboxylic acids is 1. The number of carbonyl (C=O) groups excluding carboxylic acids is 1. The predicted octanol–water partition coefficient (Wildman–Crippen LogP) is 5.78. The van der Waals surface area contributed by atoms with Crippen molar-refractivity contribution < 1.29 is 27.6 Å². The first-order valence-electron chi connectivity index (χ1n) is 12.3. The van der Waals surface area contributed by atoms with Crippen molar-refractivity contribution >= 4 is 11.7 Å². The lowest BCUT2D eigenvalue weighted by Gasteiger charge is -2.15. The molecule has 1 heterocycles. The van der Waals surface area contributed by atoms with Crippen LogP contribution < -0.4 is 14.6 Å². The summed E-state index contributed by atoms with van der Waals surface area (Å²) in [5.74, 6) is -0.333. The minimum absolute atomic E-state index is 0.867. The molecule has 0 aliphatic heterocycles. The van der Waals surface area contributed by atoms with Crippen LogP contribution in [-0.2, 0) is 11.3 Å². The van der Waals surface area contributed by atoms with Gasteiger partial charge < -0.3 is 14.8 Å². The summed E-state index contributed by atoms with van der Waals surface area (Å²) in [6, 6.07) is 4.40. The second-order valence-electron chi connectivity index (χ2n) is 9.94. The summed E-state index contributed by atoms with van der Waals surface area (Å²) < 4.78 is 33.9. The number of carboxylic acids is 1. The van der Waals surface area contributed by atoms with E-state index >= 15 is 0 Å². The van der Waals surface area contributed by atoms with Crippen LogP contribution in [0.4, 0.5) is 18.9 Å². The number of carboxylic acid groups (broad SMARTS) is 1. The molecule has 192 valence electrons. The van der Waals surface area contributed by atoms with Crippen LogP contribution in [0, 0.1) is 17.8 Å². The summed E-state index contributed by atoms with van der Waals surface area (Å²) in [5.41, 5.74) is 1.27. The van der Waals surface area contributed by atoms with Crippen LogP contribution in [0.1, 0.15) is 85.5 Å². The van der Waals surface area contributed by atoms with Crippen molar-refractivity contribution in [3.05, 3.63) is 24.5 Å². The van der Waals surface area contributed by atoms with E-state index < -0.39 is 12.1 Å². The second kappa shape index (κ2) is 16.8. The van der Waals surface area contributed by atoms with E-state index in [0.29, 0.717) is 0 Å². The molecule has 1 aromatic heterocycles. The first kappa shape index (κ1) is 31.2. The van der Waals surface area contributed by atoms with Crippen LogP contribution in [0.5, 0.6) is 0 Å². The Morgan fingerprint density at radius 3 is 1.70 bits per heavy atom. The van der Waals surface area contributed by atoms with Gasteiger partial charge in [0.25, 0.3) is 0 Å². The first-order valence-corrected chi connectivity index (χ1v) is 12.3. The van der Waals surface area contributed by atoms with E-state index in [1.165, 1.54) is 63.5 Å². The van der Waals surface area contributed by atoms with Gasteiger partial charge in [-0.05, 0) is 24.2 Å². The Balaban J connectivity index is 0.00000126. The molecule has 0 aromatic carbocycles. The molecule has 2 atom stereocenters. The van der Waals surface area contributed by atoms with Gasteiger partial charge in [-0.1, -0.05) is 72.6 Å². The fraction of sp³-hybridized carbons (Fsp3) is 0.769. The molecule has 4 nitrogen and oxygen atoms in total. The lowest BCUT2D eigenvalue weighted by atomic mass is 9.92. The Bertz CT molecular complexity index is 631. The summed E-state index contributed by atoms with van der Waals surface area (Å²) in [6.45, 7) is 10.7. The van der Waals surface area contributed by atoms with Gasteiger partial charge in [-0.2, -0.15) is 13.2 Å². The second-order valence-corrected chi connectivity index (χ2v) is 9.94. The minimum Gasteiger partial charge on any atom is -0.542 e. The number of halogens is 3. The number of aromatic nitrogens is 1. The number of aryl methyl sites for hydroxylation is 1. The van der Waals surface area contributed by atoms with Gasteiger partial charge in [0.2, 0.25) is 0 Å². The van der Waals surface area contributed by atoms with Crippen LogP contribution >= 0.6 is 0 Å². The molecule has 7 heteroatoms. The SMILES string of the molecule is CC(C)CCCC(C)CCCC(C)CCCC[n+]1ccc(N(C)C)cc1.O=C([O-])C(F)(F)F. The van der Waals surface area contributed by atoms with Gasteiger partial charge in [0, 0.05) is 38.3 Å². The standard InChI is InChI=1S/C24H45N2.C2HF3O2/c1-21(2)11-9-13-23(4)15-10-14-22(3)12-7-8-18-26-19-16-24(17-20-26)25(5)6;3-2(4,5)1(6)7/h16-17,19-23H,7-15,18H2,1-6H3;(H,6,7)/q+1;/p-1. The molecule has 0 N–H and O–H groups in total. The zero-order valence-corrected chi connectivity index (χ0v) is 21.5. The third kappa shape index (κ3) is 17.4. The fourth-order valence-corrected chi connectivity index (χ4v) is 3.66. The summed E-state index contributed by atoms with van der Waals surface area (Å²) in [6.07, 6.45) is 11.8. The quantitative estimate of drug-likeness (QED) is 0.254. The van der Waals surface area contributed by atoms with Crippen molar-refractivity contribution in [3.63, 3.8) is 0 Å². The van der Waals surface area contributed by atoms with Gasteiger partial charge in [0.05, 0.1) is 0 Å². The Morgan fingerprint density at radius 1 is 0.879 bits per heavy atom. The highest BCUT2D eigenvalue weighted by Crippen LogP contribution is 2.21. The minimum atomic E-state index is -5.19. The normalized spacial score (nSPS) is 13.3. The Morgan fingerprint density at radius 2 is 1.30 bits per heavy atom. The third-order valence-electron chi connectivity index (χ3n) is 5.86. The summed E-state index contributed by atoms with van der Waals surface area (Å²) in [5, 5.41) is 8.78. The first-order chi connectivity index (χ1) is 15.3. The molecule has 0 saturated heterocycles. The molecule has 2 unspecified atom stereocenters. The molecule has 0 aliphatic carbocycles. The number of anilines is 1. The number of nitrogens with zero attached hydrogens (tertiary/aromatic N) is 2. The van der Waals surface area contributed by atoms with Crippen molar-refractivity contribution in [3.8, 4) is 0 Å². The number of hydrogen-bond acceptors (Lipinski definition) is 3. The average Bonchev–Trinajstić information content (AvgIpc) is 2.71. The largest absolute Gasteiger partial charge is 0.542 e. The molecule has 0 aliphatic rings. The smallest absolute Gasteiger partial charge is 0.430 e. The molecule has 1 rings (SSSR count). The Hall–Kier alpha value is -1.79. The van der Waals surface area contributed by atoms with Crippen molar-refractivity contribution in [2.75, 3.05) is 19.0 Å². The van der Waals surface area contributed by atoms with Gasteiger partial charge in [-0.25, -0.2) is 4.57 Å². The van der Waals surface area contributed by atoms with Gasteiger partial charge in [-0.3, -0.25) is 0 Å². The molecular formula is C26H45F3N2O2. The zero-order chi connectivity index (χ0) is 25.4. The number of hydrogen-bond donors (Lipinski definition) is 0. The van der Waals surface area contributed by atoms with E-state index in [1.54, 1.807) is 0 Å². The van der Waals surface area contributed by atoms with Crippen molar-refractivity contribution in [1.29, 1.82) is 0 Å².